The second kappa shape index (κ2) is 10.6. The van der Waals surface area contributed by atoms with Crippen LogP contribution in [0.2, 0.25) is 0 Å². The van der Waals surface area contributed by atoms with Gasteiger partial charge in [0.05, 0.1) is 19.8 Å². The van der Waals surface area contributed by atoms with Gasteiger partial charge >= 0.3 is 0 Å². The lowest BCUT2D eigenvalue weighted by atomic mass is 9.97. The maximum absolute atomic E-state index is 13.6. The molecule has 0 N–H and O–H groups in total. The van der Waals surface area contributed by atoms with Crippen molar-refractivity contribution < 1.29 is 19.0 Å². The molecule has 0 heterocycles. The number of methoxy groups -OCH3 is 2. The first-order chi connectivity index (χ1) is 15.0. The minimum absolute atomic E-state index is 0.171. The third kappa shape index (κ3) is 5.62. The number of carbonyl (C=O) groups is 1. The molecule has 0 amide bonds. The highest BCUT2D eigenvalue weighted by Crippen LogP contribution is 2.32. The van der Waals surface area contributed by atoms with E-state index in [2.05, 4.69) is 6.58 Å². The van der Waals surface area contributed by atoms with E-state index in [9.17, 15) is 4.79 Å². The molecular weight excluding hydrogens is 388 g/mol. The lowest BCUT2D eigenvalue weighted by Gasteiger charge is -2.26. The number of carbonyl (C=O) groups excluding carboxylic acids is 1. The van der Waals surface area contributed by atoms with Gasteiger partial charge in [0, 0.05) is 6.42 Å². The van der Waals surface area contributed by atoms with Gasteiger partial charge in [0.15, 0.2) is 5.78 Å². The summed E-state index contributed by atoms with van der Waals surface area (Å²) in [5.41, 5.74) is 3.24. The van der Waals surface area contributed by atoms with Crippen LogP contribution in [-0.4, -0.2) is 26.1 Å². The summed E-state index contributed by atoms with van der Waals surface area (Å²) in [5, 5.41) is 0. The van der Waals surface area contributed by atoms with Crippen molar-refractivity contribution in [3.05, 3.63) is 108 Å². The summed E-state index contributed by atoms with van der Waals surface area (Å²) in [7, 11) is 3.11. The number of hydrogen-bond acceptors (Lipinski definition) is 4. The second-order valence-electron chi connectivity index (χ2n) is 7.42. The Morgan fingerprint density at radius 3 is 1.94 bits per heavy atom. The van der Waals surface area contributed by atoms with Gasteiger partial charge in [0.25, 0.3) is 0 Å². The highest BCUT2D eigenvalue weighted by Gasteiger charge is 2.29. The van der Waals surface area contributed by atoms with Crippen molar-refractivity contribution in [3.8, 4) is 11.5 Å². The van der Waals surface area contributed by atoms with E-state index in [0.29, 0.717) is 23.5 Å². The molecule has 0 aromatic heterocycles. The Balaban J connectivity index is 2.01. The van der Waals surface area contributed by atoms with E-state index in [1.165, 1.54) is 0 Å². The maximum atomic E-state index is 13.6. The Kier molecular flexibility index (Phi) is 7.63. The molecule has 0 spiro atoms. The van der Waals surface area contributed by atoms with Gasteiger partial charge in [-0.15, -0.1) is 6.58 Å². The van der Waals surface area contributed by atoms with Gasteiger partial charge in [-0.2, -0.15) is 0 Å². The van der Waals surface area contributed by atoms with E-state index in [-0.39, 0.29) is 5.78 Å². The molecule has 0 bridgehead atoms. The fourth-order valence-electron chi connectivity index (χ4n) is 3.47. The molecule has 1 atom stereocenters. The molecule has 0 unspecified atom stereocenters. The average Bonchev–Trinajstić information content (AvgIpc) is 2.81. The Labute approximate surface area is 184 Å². The predicted molar refractivity (Wildman–Crippen MR) is 123 cm³/mol. The van der Waals surface area contributed by atoms with E-state index in [1.54, 1.807) is 32.4 Å². The van der Waals surface area contributed by atoms with Crippen LogP contribution in [0.15, 0.2) is 91.0 Å². The molecule has 0 saturated carbocycles. The van der Waals surface area contributed by atoms with E-state index in [4.69, 9.17) is 14.2 Å². The van der Waals surface area contributed by atoms with Crippen LogP contribution in [0.4, 0.5) is 0 Å². The standard InChI is InChI=1S/C27H28O4/c1-19(2)17-25(26(28)23-18-22(29-3)15-16-24(23)30-4)31-27(20-11-7-5-8-12-20)21-13-9-6-10-14-21/h5-16,18,25,27H,1,17H2,2-4H3/t25-/m0/s1. The smallest absolute Gasteiger partial charge is 0.195 e. The van der Waals surface area contributed by atoms with Crippen LogP contribution in [-0.2, 0) is 4.74 Å². The third-order valence-electron chi connectivity index (χ3n) is 5.00. The first-order valence-corrected chi connectivity index (χ1v) is 10.2. The molecule has 0 aliphatic heterocycles. The molecule has 0 saturated heterocycles. The lowest BCUT2D eigenvalue weighted by Crippen LogP contribution is -2.28. The molecule has 3 rings (SSSR count). The third-order valence-corrected chi connectivity index (χ3v) is 5.00. The average molecular weight is 417 g/mol. The summed E-state index contributed by atoms with van der Waals surface area (Å²) in [6.07, 6.45) is -0.730. The normalized spacial score (nSPS) is 11.7. The van der Waals surface area contributed by atoms with Crippen LogP contribution in [0.5, 0.6) is 11.5 Å². The zero-order valence-electron chi connectivity index (χ0n) is 18.2. The van der Waals surface area contributed by atoms with Crippen molar-refractivity contribution in [2.75, 3.05) is 14.2 Å². The second-order valence-corrected chi connectivity index (χ2v) is 7.42. The van der Waals surface area contributed by atoms with Gasteiger partial charge in [-0.05, 0) is 36.2 Å². The first kappa shape index (κ1) is 22.3. The molecule has 0 radical (unpaired) electrons. The van der Waals surface area contributed by atoms with Crippen molar-refractivity contribution in [3.63, 3.8) is 0 Å². The Hall–Kier alpha value is -3.37. The quantitative estimate of drug-likeness (QED) is 0.299. The summed E-state index contributed by atoms with van der Waals surface area (Å²) in [6.45, 7) is 5.91. The highest BCUT2D eigenvalue weighted by atomic mass is 16.5. The molecule has 160 valence electrons. The van der Waals surface area contributed by atoms with Gasteiger partial charge in [-0.25, -0.2) is 0 Å². The summed E-state index contributed by atoms with van der Waals surface area (Å²) < 4.78 is 17.3. The van der Waals surface area contributed by atoms with Crippen LogP contribution in [0.1, 0.15) is 40.9 Å². The molecule has 3 aromatic carbocycles. The van der Waals surface area contributed by atoms with E-state index in [1.807, 2.05) is 67.6 Å². The molecule has 4 heteroatoms. The molecule has 31 heavy (non-hydrogen) atoms. The fourth-order valence-corrected chi connectivity index (χ4v) is 3.47. The number of benzene rings is 3. The molecule has 0 aliphatic rings. The van der Waals surface area contributed by atoms with Gasteiger partial charge in [-0.1, -0.05) is 66.2 Å². The van der Waals surface area contributed by atoms with Crippen molar-refractivity contribution in [2.45, 2.75) is 25.6 Å². The molecular formula is C27H28O4. The van der Waals surface area contributed by atoms with Crippen molar-refractivity contribution >= 4 is 5.78 Å². The van der Waals surface area contributed by atoms with Gasteiger partial charge in [0.2, 0.25) is 0 Å². The zero-order chi connectivity index (χ0) is 22.2. The zero-order valence-corrected chi connectivity index (χ0v) is 18.2. The maximum Gasteiger partial charge on any atom is 0.195 e. The van der Waals surface area contributed by atoms with Crippen LogP contribution in [0.25, 0.3) is 0 Å². The summed E-state index contributed by atoms with van der Waals surface area (Å²) in [6, 6.07) is 25.0. The molecule has 3 aromatic rings. The number of ether oxygens (including phenoxy) is 3. The van der Waals surface area contributed by atoms with Crippen LogP contribution in [0, 0.1) is 0 Å². The monoisotopic (exact) mass is 416 g/mol. The van der Waals surface area contributed by atoms with Gasteiger partial charge in [0.1, 0.15) is 23.7 Å². The van der Waals surface area contributed by atoms with Crippen LogP contribution >= 0.6 is 0 Å². The van der Waals surface area contributed by atoms with E-state index in [0.717, 1.165) is 16.7 Å². The topological polar surface area (TPSA) is 44.8 Å². The minimum Gasteiger partial charge on any atom is -0.497 e. The highest BCUT2D eigenvalue weighted by molar-refractivity contribution is 6.02. The Bertz CT molecular complexity index is 972. The first-order valence-electron chi connectivity index (χ1n) is 10.2. The van der Waals surface area contributed by atoms with Gasteiger partial charge in [-0.3, -0.25) is 4.79 Å². The van der Waals surface area contributed by atoms with Gasteiger partial charge < -0.3 is 14.2 Å². The largest absolute Gasteiger partial charge is 0.497 e. The molecule has 0 fully saturated rings. The summed E-state index contributed by atoms with van der Waals surface area (Å²) >= 11 is 0. The van der Waals surface area contributed by atoms with Crippen molar-refractivity contribution in [1.82, 2.24) is 0 Å². The molecule has 0 aliphatic carbocycles. The Morgan fingerprint density at radius 2 is 1.45 bits per heavy atom. The summed E-state index contributed by atoms with van der Waals surface area (Å²) in [4.78, 5) is 13.6. The molecule has 4 nitrogen and oxygen atoms in total. The van der Waals surface area contributed by atoms with E-state index >= 15 is 0 Å². The van der Waals surface area contributed by atoms with Crippen molar-refractivity contribution in [2.24, 2.45) is 0 Å². The minimum atomic E-state index is -0.732. The van der Waals surface area contributed by atoms with E-state index < -0.39 is 12.2 Å². The lowest BCUT2D eigenvalue weighted by molar-refractivity contribution is 0.0128. The van der Waals surface area contributed by atoms with Crippen LogP contribution < -0.4 is 9.47 Å². The van der Waals surface area contributed by atoms with Crippen molar-refractivity contribution in [1.29, 1.82) is 0 Å². The number of rotatable bonds is 10. The predicted octanol–water partition coefficient (Wildman–Crippen LogP) is 6.03. The number of Topliss-reactive ketones (excluding diaryl/α,β-unsaturated/α-hetero) is 1. The van der Waals surface area contributed by atoms with Crippen LogP contribution in [0.3, 0.4) is 0 Å². The number of ketones is 1. The SMILES string of the molecule is C=C(C)C[C@H](OC(c1ccccc1)c1ccccc1)C(=O)c1cc(OC)ccc1OC. The number of hydrogen-bond donors (Lipinski definition) is 0. The Morgan fingerprint density at radius 1 is 0.871 bits per heavy atom. The fraction of sp³-hybridized carbons (Fsp3) is 0.222. The summed E-state index contributed by atoms with van der Waals surface area (Å²) in [5.74, 6) is 0.897.